The third-order valence-corrected chi connectivity index (χ3v) is 3.16. The minimum absolute atomic E-state index is 0.192. The minimum Gasteiger partial charge on any atom is -0.445 e. The second-order valence-electron chi connectivity index (χ2n) is 4.87. The van der Waals surface area contributed by atoms with Gasteiger partial charge in [-0.3, -0.25) is 4.79 Å². The van der Waals surface area contributed by atoms with Crippen LogP contribution in [-0.4, -0.2) is 25.1 Å². The lowest BCUT2D eigenvalue weighted by Crippen LogP contribution is -2.45. The fourth-order valence-corrected chi connectivity index (χ4v) is 1.95. The van der Waals surface area contributed by atoms with Gasteiger partial charge in [0.15, 0.2) is 0 Å². The lowest BCUT2D eigenvalue weighted by atomic mass is 10.1. The predicted molar refractivity (Wildman–Crippen MR) is 81.8 cm³/mol. The van der Waals surface area contributed by atoms with Crippen molar-refractivity contribution < 1.29 is 14.3 Å². The van der Waals surface area contributed by atoms with Crippen LogP contribution in [0.2, 0.25) is 0 Å². The molecular weight excluding hydrogens is 268 g/mol. The van der Waals surface area contributed by atoms with Crippen molar-refractivity contribution in [2.24, 2.45) is 0 Å². The Balaban J connectivity index is 2.41. The van der Waals surface area contributed by atoms with Crippen molar-refractivity contribution in [3.8, 4) is 0 Å². The van der Waals surface area contributed by atoms with E-state index in [0.29, 0.717) is 6.42 Å². The van der Waals surface area contributed by atoms with Crippen LogP contribution in [0.4, 0.5) is 4.79 Å². The highest BCUT2D eigenvalue weighted by molar-refractivity contribution is 5.85. The van der Waals surface area contributed by atoms with E-state index in [2.05, 4.69) is 17.6 Å². The first kappa shape index (κ1) is 17.0. The van der Waals surface area contributed by atoms with Crippen molar-refractivity contribution in [3.05, 3.63) is 35.9 Å². The molecule has 2 N–H and O–H groups in total. The zero-order valence-corrected chi connectivity index (χ0v) is 12.7. The summed E-state index contributed by atoms with van der Waals surface area (Å²) >= 11 is 0. The molecule has 1 rings (SSSR count). The van der Waals surface area contributed by atoms with Crippen LogP contribution in [0.15, 0.2) is 30.3 Å². The predicted octanol–water partition coefficient (Wildman–Crippen LogP) is 2.61. The summed E-state index contributed by atoms with van der Waals surface area (Å²) in [5.74, 6) is -0.192. The van der Waals surface area contributed by atoms with E-state index in [1.54, 1.807) is 7.05 Å². The van der Waals surface area contributed by atoms with E-state index in [1.165, 1.54) is 0 Å². The average molecular weight is 292 g/mol. The first-order valence-corrected chi connectivity index (χ1v) is 7.36. The molecule has 5 heteroatoms. The first-order valence-electron chi connectivity index (χ1n) is 7.36. The number of rotatable bonds is 8. The summed E-state index contributed by atoms with van der Waals surface area (Å²) in [7, 11) is 1.56. The van der Waals surface area contributed by atoms with Crippen LogP contribution in [-0.2, 0) is 16.1 Å². The smallest absolute Gasteiger partial charge is 0.408 e. The number of unbranched alkanes of at least 4 members (excludes halogenated alkanes) is 2. The van der Waals surface area contributed by atoms with E-state index < -0.39 is 12.1 Å². The molecule has 1 aromatic rings. The quantitative estimate of drug-likeness (QED) is 0.724. The van der Waals surface area contributed by atoms with Gasteiger partial charge >= 0.3 is 6.09 Å². The van der Waals surface area contributed by atoms with Gasteiger partial charge in [-0.05, 0) is 12.0 Å². The highest BCUT2D eigenvalue weighted by Crippen LogP contribution is 2.05. The Morgan fingerprint density at radius 3 is 2.52 bits per heavy atom. The molecule has 2 amide bonds. The lowest BCUT2D eigenvalue weighted by molar-refractivity contribution is -0.122. The maximum atomic E-state index is 11.8. The van der Waals surface area contributed by atoms with Crippen LogP contribution in [0.25, 0.3) is 0 Å². The van der Waals surface area contributed by atoms with Crippen LogP contribution < -0.4 is 10.6 Å². The van der Waals surface area contributed by atoms with E-state index >= 15 is 0 Å². The van der Waals surface area contributed by atoms with Gasteiger partial charge in [-0.25, -0.2) is 4.79 Å². The largest absolute Gasteiger partial charge is 0.445 e. The normalized spacial score (nSPS) is 11.5. The van der Waals surface area contributed by atoms with Gasteiger partial charge in [-0.1, -0.05) is 56.5 Å². The molecule has 0 aliphatic carbocycles. The highest BCUT2D eigenvalue weighted by atomic mass is 16.5. The Kier molecular flexibility index (Phi) is 7.94. The van der Waals surface area contributed by atoms with E-state index in [4.69, 9.17) is 4.74 Å². The molecule has 0 aromatic heterocycles. The zero-order valence-electron chi connectivity index (χ0n) is 12.7. The van der Waals surface area contributed by atoms with E-state index in [9.17, 15) is 9.59 Å². The lowest BCUT2D eigenvalue weighted by Gasteiger charge is -2.17. The number of likely N-dealkylation sites (N-methyl/N-ethyl adjacent to an activating group) is 1. The van der Waals surface area contributed by atoms with E-state index in [0.717, 1.165) is 24.8 Å². The van der Waals surface area contributed by atoms with Crippen LogP contribution in [0, 0.1) is 0 Å². The number of carbonyl (C=O) groups excluding carboxylic acids is 2. The van der Waals surface area contributed by atoms with Crippen molar-refractivity contribution in [3.63, 3.8) is 0 Å². The van der Waals surface area contributed by atoms with Gasteiger partial charge in [-0.2, -0.15) is 0 Å². The zero-order chi connectivity index (χ0) is 15.5. The van der Waals surface area contributed by atoms with Crippen molar-refractivity contribution in [2.75, 3.05) is 7.05 Å². The molecule has 116 valence electrons. The Bertz CT molecular complexity index is 434. The molecule has 0 spiro atoms. The second-order valence-corrected chi connectivity index (χ2v) is 4.87. The molecule has 0 radical (unpaired) electrons. The summed E-state index contributed by atoms with van der Waals surface area (Å²) in [4.78, 5) is 23.5. The number of benzene rings is 1. The van der Waals surface area contributed by atoms with E-state index in [1.807, 2.05) is 30.3 Å². The molecule has 0 saturated heterocycles. The Morgan fingerprint density at radius 2 is 1.90 bits per heavy atom. The van der Waals surface area contributed by atoms with Crippen LogP contribution in [0.5, 0.6) is 0 Å². The highest BCUT2D eigenvalue weighted by Gasteiger charge is 2.19. The summed E-state index contributed by atoms with van der Waals surface area (Å²) in [6, 6.07) is 8.89. The molecule has 0 heterocycles. The number of hydrogen-bond donors (Lipinski definition) is 2. The van der Waals surface area contributed by atoms with Crippen LogP contribution in [0.1, 0.15) is 38.2 Å². The number of ether oxygens (including phenoxy) is 1. The Hall–Kier alpha value is -2.04. The molecule has 0 aliphatic rings. The maximum Gasteiger partial charge on any atom is 0.408 e. The molecule has 0 bridgehead atoms. The first-order chi connectivity index (χ1) is 10.2. The third kappa shape index (κ3) is 6.79. The summed E-state index contributed by atoms with van der Waals surface area (Å²) in [5.41, 5.74) is 0.912. The standard InChI is InChI=1S/C16H24N2O3/c1-3-4-6-11-14(15(19)17-2)18-16(20)21-12-13-9-7-5-8-10-13/h5,7-10,14H,3-4,6,11-12H2,1-2H3,(H,17,19)(H,18,20)/t14-/m0/s1. The molecule has 0 fully saturated rings. The summed E-state index contributed by atoms with van der Waals surface area (Å²) < 4.78 is 5.13. The number of hydrogen-bond acceptors (Lipinski definition) is 3. The number of alkyl carbamates (subject to hydrolysis) is 1. The van der Waals surface area contributed by atoms with Gasteiger partial charge in [0.25, 0.3) is 0 Å². The van der Waals surface area contributed by atoms with Gasteiger partial charge in [0, 0.05) is 7.05 Å². The fraction of sp³-hybridized carbons (Fsp3) is 0.500. The molecule has 0 aliphatic heterocycles. The van der Waals surface area contributed by atoms with Gasteiger partial charge in [0.1, 0.15) is 12.6 Å². The SMILES string of the molecule is CCCCC[C@H](NC(=O)OCc1ccccc1)C(=O)NC. The summed E-state index contributed by atoms with van der Waals surface area (Å²) in [6.07, 6.45) is 3.05. The number of carbonyl (C=O) groups is 2. The molecule has 0 saturated carbocycles. The van der Waals surface area contributed by atoms with Gasteiger partial charge in [0.2, 0.25) is 5.91 Å². The summed E-state index contributed by atoms with van der Waals surface area (Å²) in [5, 5.41) is 5.19. The Morgan fingerprint density at radius 1 is 1.19 bits per heavy atom. The van der Waals surface area contributed by atoms with Gasteiger partial charge < -0.3 is 15.4 Å². The fourth-order valence-electron chi connectivity index (χ4n) is 1.95. The summed E-state index contributed by atoms with van der Waals surface area (Å²) in [6.45, 7) is 2.29. The van der Waals surface area contributed by atoms with Gasteiger partial charge in [0.05, 0.1) is 0 Å². The van der Waals surface area contributed by atoms with Crippen molar-refractivity contribution in [1.82, 2.24) is 10.6 Å². The Labute approximate surface area is 126 Å². The molecule has 5 nitrogen and oxygen atoms in total. The maximum absolute atomic E-state index is 11.8. The minimum atomic E-state index is -0.566. The van der Waals surface area contributed by atoms with Crippen molar-refractivity contribution in [2.45, 2.75) is 45.3 Å². The molecular formula is C16H24N2O3. The third-order valence-electron chi connectivity index (χ3n) is 3.16. The monoisotopic (exact) mass is 292 g/mol. The molecule has 0 unspecified atom stereocenters. The molecule has 1 atom stereocenters. The van der Waals surface area contributed by atoms with Crippen LogP contribution >= 0.6 is 0 Å². The second kappa shape index (κ2) is 9.80. The average Bonchev–Trinajstić information content (AvgIpc) is 2.52. The molecule has 21 heavy (non-hydrogen) atoms. The van der Waals surface area contributed by atoms with E-state index in [-0.39, 0.29) is 12.5 Å². The van der Waals surface area contributed by atoms with Gasteiger partial charge in [-0.15, -0.1) is 0 Å². The van der Waals surface area contributed by atoms with Crippen molar-refractivity contribution in [1.29, 1.82) is 0 Å². The molecule has 1 aromatic carbocycles. The topological polar surface area (TPSA) is 67.4 Å². The number of amides is 2. The van der Waals surface area contributed by atoms with Crippen LogP contribution in [0.3, 0.4) is 0 Å². The number of nitrogens with one attached hydrogen (secondary N) is 2. The van der Waals surface area contributed by atoms with Crippen molar-refractivity contribution >= 4 is 12.0 Å².